The molecule has 2 rings (SSSR count). The second-order valence-corrected chi connectivity index (χ2v) is 6.57. The molecule has 24 heavy (non-hydrogen) atoms. The van der Waals surface area contributed by atoms with Gasteiger partial charge < -0.3 is 4.74 Å². The fraction of sp³-hybridized carbons (Fsp3) is 0.643. The molecule has 132 valence electrons. The number of halogens is 6. The van der Waals surface area contributed by atoms with Crippen LogP contribution in [0.3, 0.4) is 0 Å². The molecule has 10 heteroatoms. The fourth-order valence-corrected chi connectivity index (χ4v) is 3.25. The van der Waals surface area contributed by atoms with Crippen LogP contribution in [0.25, 0.3) is 0 Å². The fourth-order valence-electron chi connectivity index (χ4n) is 3.25. The van der Waals surface area contributed by atoms with E-state index in [1.165, 1.54) is 13.8 Å². The van der Waals surface area contributed by atoms with E-state index in [-0.39, 0.29) is 6.42 Å². The van der Waals surface area contributed by atoms with E-state index in [9.17, 15) is 31.1 Å². The van der Waals surface area contributed by atoms with Crippen LogP contribution < -0.4 is 0 Å². The second kappa shape index (κ2) is 4.97. The third-order valence-corrected chi connectivity index (χ3v) is 4.18. The molecule has 1 aliphatic carbocycles. The SMILES string of the molecule is CC1(C)CC(=O)C2=C(C1)OC(=N)C(C#N)C2(C(F)(F)F)C(F)(F)F. The van der Waals surface area contributed by atoms with Crippen LogP contribution in [-0.4, -0.2) is 24.0 Å². The number of carbonyl (C=O) groups excluding carboxylic acids is 1. The highest BCUT2D eigenvalue weighted by Gasteiger charge is 2.80. The molecule has 1 aliphatic heterocycles. The highest BCUT2D eigenvalue weighted by atomic mass is 19.4. The summed E-state index contributed by atoms with van der Waals surface area (Å²) in [7, 11) is 0. The van der Waals surface area contributed by atoms with Crippen LogP contribution in [0, 0.1) is 33.5 Å². The normalized spacial score (nSPS) is 26.5. The summed E-state index contributed by atoms with van der Waals surface area (Å²) < 4.78 is 86.5. The first kappa shape index (κ1) is 18.3. The first-order chi connectivity index (χ1) is 10.7. The summed E-state index contributed by atoms with van der Waals surface area (Å²) in [6.07, 6.45) is -12.9. The number of ether oxygens (including phenoxy) is 1. The average Bonchev–Trinajstić information content (AvgIpc) is 2.32. The Morgan fingerprint density at radius 1 is 1.17 bits per heavy atom. The molecule has 1 atom stereocenters. The Balaban J connectivity index is 2.93. The van der Waals surface area contributed by atoms with Crippen molar-refractivity contribution >= 4 is 11.7 Å². The molecule has 1 unspecified atom stereocenters. The summed E-state index contributed by atoms with van der Waals surface area (Å²) in [4.78, 5) is 12.2. The summed E-state index contributed by atoms with van der Waals surface area (Å²) in [5, 5.41) is 16.3. The number of nitrogens with one attached hydrogen (secondary N) is 1. The molecule has 0 aromatic carbocycles. The van der Waals surface area contributed by atoms with E-state index in [2.05, 4.69) is 0 Å². The highest BCUT2D eigenvalue weighted by molar-refractivity contribution is 6.02. The molecule has 0 saturated heterocycles. The third kappa shape index (κ3) is 2.29. The zero-order chi connectivity index (χ0) is 18.7. The Morgan fingerprint density at radius 3 is 2.08 bits per heavy atom. The second-order valence-electron chi connectivity index (χ2n) is 6.57. The number of hydrogen-bond acceptors (Lipinski definition) is 4. The van der Waals surface area contributed by atoms with Crippen molar-refractivity contribution in [3.63, 3.8) is 0 Å². The van der Waals surface area contributed by atoms with Crippen molar-refractivity contribution in [3.8, 4) is 6.07 Å². The molecule has 0 bridgehead atoms. The Kier molecular flexibility index (Phi) is 3.79. The van der Waals surface area contributed by atoms with Crippen LogP contribution in [-0.2, 0) is 9.53 Å². The number of nitriles is 1. The first-order valence-electron chi connectivity index (χ1n) is 6.75. The van der Waals surface area contributed by atoms with Crippen molar-refractivity contribution in [2.45, 2.75) is 39.0 Å². The van der Waals surface area contributed by atoms with Gasteiger partial charge in [-0.15, -0.1) is 0 Å². The molecule has 4 nitrogen and oxygen atoms in total. The monoisotopic (exact) mass is 354 g/mol. The quantitative estimate of drug-likeness (QED) is 0.671. The van der Waals surface area contributed by atoms with Crippen LogP contribution in [0.1, 0.15) is 26.7 Å². The molecule has 0 aromatic rings. The van der Waals surface area contributed by atoms with Crippen molar-refractivity contribution in [1.82, 2.24) is 0 Å². The number of Topliss-reactive ketones (excluding diaryl/α,β-unsaturated/α-hetero) is 1. The van der Waals surface area contributed by atoms with Gasteiger partial charge in [-0.25, -0.2) is 0 Å². The lowest BCUT2D eigenvalue weighted by Crippen LogP contribution is -2.62. The Hall–Kier alpha value is -2.05. The van der Waals surface area contributed by atoms with Gasteiger partial charge in [-0.05, 0) is 5.41 Å². The number of ketones is 1. The maximum absolute atomic E-state index is 13.6. The average molecular weight is 354 g/mol. The van der Waals surface area contributed by atoms with E-state index >= 15 is 0 Å². The van der Waals surface area contributed by atoms with Gasteiger partial charge in [-0.3, -0.25) is 10.2 Å². The summed E-state index contributed by atoms with van der Waals surface area (Å²) in [5.74, 6) is -6.68. The summed E-state index contributed by atoms with van der Waals surface area (Å²) >= 11 is 0. The first-order valence-corrected chi connectivity index (χ1v) is 6.75. The number of nitrogens with zero attached hydrogens (tertiary/aromatic N) is 1. The third-order valence-electron chi connectivity index (χ3n) is 4.18. The van der Waals surface area contributed by atoms with Crippen LogP contribution >= 0.6 is 0 Å². The molecule has 0 aromatic heterocycles. The van der Waals surface area contributed by atoms with E-state index in [0.29, 0.717) is 0 Å². The predicted octanol–water partition coefficient (Wildman–Crippen LogP) is 3.89. The van der Waals surface area contributed by atoms with Gasteiger partial charge in [0.05, 0.1) is 11.6 Å². The topological polar surface area (TPSA) is 73.9 Å². The van der Waals surface area contributed by atoms with Crippen LogP contribution in [0.2, 0.25) is 0 Å². The number of carbonyl (C=O) groups is 1. The lowest BCUT2D eigenvalue weighted by molar-refractivity contribution is -0.334. The van der Waals surface area contributed by atoms with E-state index in [1.54, 1.807) is 0 Å². The molecule has 1 heterocycles. The summed E-state index contributed by atoms with van der Waals surface area (Å²) in [6.45, 7) is 2.97. The Morgan fingerprint density at radius 2 is 1.67 bits per heavy atom. The van der Waals surface area contributed by atoms with E-state index < -0.39 is 58.5 Å². The molecule has 0 saturated carbocycles. The smallest absolute Gasteiger partial charge is 0.409 e. The van der Waals surface area contributed by atoms with Crippen LogP contribution in [0.15, 0.2) is 11.3 Å². The van der Waals surface area contributed by atoms with Gasteiger partial charge in [0, 0.05) is 12.8 Å². The van der Waals surface area contributed by atoms with Crippen LogP contribution in [0.5, 0.6) is 0 Å². The van der Waals surface area contributed by atoms with Gasteiger partial charge in [0.25, 0.3) is 0 Å². The number of alkyl halides is 6. The predicted molar refractivity (Wildman–Crippen MR) is 67.5 cm³/mol. The highest BCUT2D eigenvalue weighted by Crippen LogP contribution is 2.64. The van der Waals surface area contributed by atoms with E-state index in [1.807, 2.05) is 0 Å². The zero-order valence-corrected chi connectivity index (χ0v) is 12.5. The maximum Gasteiger partial charge on any atom is 0.409 e. The van der Waals surface area contributed by atoms with Gasteiger partial charge in [0.2, 0.25) is 11.3 Å². The molecule has 0 radical (unpaired) electrons. The van der Waals surface area contributed by atoms with Crippen molar-refractivity contribution in [3.05, 3.63) is 11.3 Å². The Bertz CT molecular complexity index is 667. The van der Waals surface area contributed by atoms with Crippen molar-refractivity contribution in [2.75, 3.05) is 0 Å². The van der Waals surface area contributed by atoms with Gasteiger partial charge in [0.15, 0.2) is 5.78 Å². The van der Waals surface area contributed by atoms with Gasteiger partial charge in [-0.1, -0.05) is 13.8 Å². The van der Waals surface area contributed by atoms with Gasteiger partial charge >= 0.3 is 12.4 Å². The van der Waals surface area contributed by atoms with Gasteiger partial charge in [-0.2, -0.15) is 31.6 Å². The number of hydrogen-bond donors (Lipinski definition) is 1. The minimum absolute atomic E-state index is 0.373. The standard InChI is InChI=1S/C14H12F6N2O2/c1-11(2)3-7(23)9-8(4-11)24-10(22)6(5-21)12(9,13(15,16)17)14(18,19)20/h6,22H,3-4H2,1-2H3. The number of allylic oxidation sites excluding steroid dienone is 2. The number of rotatable bonds is 0. The maximum atomic E-state index is 13.6. The van der Waals surface area contributed by atoms with Crippen molar-refractivity contribution in [1.29, 1.82) is 10.7 Å². The summed E-state index contributed by atoms with van der Waals surface area (Å²) in [5.41, 5.74) is -7.27. The molecule has 0 fully saturated rings. The zero-order valence-electron chi connectivity index (χ0n) is 12.5. The molecular formula is C14H12F6N2O2. The van der Waals surface area contributed by atoms with Crippen molar-refractivity contribution in [2.24, 2.45) is 16.7 Å². The molecule has 0 amide bonds. The molecule has 1 N–H and O–H groups in total. The van der Waals surface area contributed by atoms with Crippen molar-refractivity contribution < 1.29 is 35.9 Å². The summed E-state index contributed by atoms with van der Waals surface area (Å²) in [6, 6.07) is 0.856. The van der Waals surface area contributed by atoms with Gasteiger partial charge in [0.1, 0.15) is 11.7 Å². The van der Waals surface area contributed by atoms with E-state index in [0.717, 1.165) is 6.07 Å². The molecule has 2 aliphatic rings. The minimum Gasteiger partial charge on any atom is -0.446 e. The molecule has 0 spiro atoms. The van der Waals surface area contributed by atoms with E-state index in [4.69, 9.17) is 15.4 Å². The largest absolute Gasteiger partial charge is 0.446 e. The molecular weight excluding hydrogens is 342 g/mol. The lowest BCUT2D eigenvalue weighted by Gasteiger charge is -2.47. The Labute approximate surface area is 132 Å². The minimum atomic E-state index is -6.00. The van der Waals surface area contributed by atoms with Crippen LogP contribution in [0.4, 0.5) is 26.3 Å². The lowest BCUT2D eigenvalue weighted by atomic mass is 9.61.